The van der Waals surface area contributed by atoms with Gasteiger partial charge in [-0.05, 0) is 42.0 Å². The normalized spacial score (nSPS) is 10.5. The van der Waals surface area contributed by atoms with Crippen LogP contribution in [0.3, 0.4) is 0 Å². The van der Waals surface area contributed by atoms with E-state index in [0.717, 1.165) is 20.7 Å². The van der Waals surface area contributed by atoms with Crippen LogP contribution < -0.4 is 0 Å². The van der Waals surface area contributed by atoms with Crippen molar-refractivity contribution in [3.8, 4) is 0 Å². The van der Waals surface area contributed by atoms with Crippen molar-refractivity contribution in [2.45, 2.75) is 17.9 Å². The van der Waals surface area contributed by atoms with Crippen molar-refractivity contribution in [1.82, 2.24) is 4.90 Å². The predicted octanol–water partition coefficient (Wildman–Crippen LogP) is 4.73. The van der Waals surface area contributed by atoms with Crippen molar-refractivity contribution in [1.29, 1.82) is 0 Å². The number of hydrogen-bond acceptors (Lipinski definition) is 2. The van der Waals surface area contributed by atoms with Crippen molar-refractivity contribution in [2.75, 3.05) is 12.8 Å². The van der Waals surface area contributed by atoms with Gasteiger partial charge in [-0.15, -0.1) is 11.8 Å². The molecule has 22 heavy (non-hydrogen) atoms. The molecule has 0 N–H and O–H groups in total. The van der Waals surface area contributed by atoms with Crippen LogP contribution >= 0.6 is 27.7 Å². The van der Waals surface area contributed by atoms with E-state index in [4.69, 9.17) is 0 Å². The minimum absolute atomic E-state index is 0.0916. The molecule has 0 bridgehead atoms. The Morgan fingerprint density at radius 3 is 2.41 bits per heavy atom. The first-order chi connectivity index (χ1) is 10.5. The number of rotatable bonds is 6. The summed E-state index contributed by atoms with van der Waals surface area (Å²) in [4.78, 5) is 14.9. The fourth-order valence-electron chi connectivity index (χ4n) is 1.93. The Morgan fingerprint density at radius 2 is 1.77 bits per heavy atom. The molecule has 0 aliphatic heterocycles. The Morgan fingerprint density at radius 1 is 1.14 bits per heavy atom. The van der Waals surface area contributed by atoms with Crippen molar-refractivity contribution in [2.24, 2.45) is 0 Å². The highest BCUT2D eigenvalue weighted by Gasteiger charge is 2.09. The molecular formula is C17H17BrFNOS. The Labute approximate surface area is 142 Å². The van der Waals surface area contributed by atoms with Gasteiger partial charge < -0.3 is 4.90 Å². The third kappa shape index (κ3) is 5.46. The lowest BCUT2D eigenvalue weighted by atomic mass is 10.2. The van der Waals surface area contributed by atoms with Crippen LogP contribution in [0.4, 0.5) is 4.39 Å². The lowest BCUT2D eigenvalue weighted by Gasteiger charge is -2.17. The maximum atomic E-state index is 12.8. The summed E-state index contributed by atoms with van der Waals surface area (Å²) in [7, 11) is 1.77. The molecule has 0 aliphatic carbocycles. The van der Waals surface area contributed by atoms with Gasteiger partial charge >= 0.3 is 0 Å². The highest BCUT2D eigenvalue weighted by atomic mass is 79.9. The topological polar surface area (TPSA) is 20.3 Å². The SMILES string of the molecule is CN(Cc1ccc(F)cc1)C(=O)CCSc1ccc(Br)cc1. The molecule has 0 saturated heterocycles. The van der Waals surface area contributed by atoms with Gasteiger partial charge in [0.25, 0.3) is 0 Å². The van der Waals surface area contributed by atoms with Gasteiger partial charge in [0.15, 0.2) is 0 Å². The maximum Gasteiger partial charge on any atom is 0.223 e. The van der Waals surface area contributed by atoms with Crippen LogP contribution in [0.5, 0.6) is 0 Å². The molecule has 0 spiro atoms. The average molecular weight is 382 g/mol. The molecule has 0 radical (unpaired) electrons. The molecule has 5 heteroatoms. The number of nitrogens with zero attached hydrogens (tertiary/aromatic N) is 1. The van der Waals surface area contributed by atoms with Crippen LogP contribution in [0.15, 0.2) is 57.9 Å². The average Bonchev–Trinajstić information content (AvgIpc) is 2.51. The summed E-state index contributed by atoms with van der Waals surface area (Å²) in [5.41, 5.74) is 0.929. The van der Waals surface area contributed by atoms with Crippen LogP contribution in [0.2, 0.25) is 0 Å². The van der Waals surface area contributed by atoms with Gasteiger partial charge in [0, 0.05) is 35.1 Å². The van der Waals surface area contributed by atoms with Gasteiger partial charge in [-0.2, -0.15) is 0 Å². The fraction of sp³-hybridized carbons (Fsp3) is 0.235. The Balaban J connectivity index is 1.76. The second-order valence-corrected chi connectivity index (χ2v) is 7.01. The molecule has 2 aromatic rings. The zero-order chi connectivity index (χ0) is 15.9. The van der Waals surface area contributed by atoms with Crippen molar-refractivity contribution < 1.29 is 9.18 Å². The van der Waals surface area contributed by atoms with Gasteiger partial charge in [-0.25, -0.2) is 4.39 Å². The molecule has 0 heterocycles. The largest absolute Gasteiger partial charge is 0.341 e. The lowest BCUT2D eigenvalue weighted by Crippen LogP contribution is -2.26. The van der Waals surface area contributed by atoms with Crippen LogP contribution in [0.25, 0.3) is 0 Å². The van der Waals surface area contributed by atoms with Crippen LogP contribution in [-0.4, -0.2) is 23.6 Å². The summed E-state index contributed by atoms with van der Waals surface area (Å²) in [5, 5.41) is 0. The molecule has 0 atom stereocenters. The molecule has 1 amide bonds. The van der Waals surface area contributed by atoms with Crippen LogP contribution in [-0.2, 0) is 11.3 Å². The molecule has 0 fully saturated rings. The van der Waals surface area contributed by atoms with Gasteiger partial charge in [0.05, 0.1) is 0 Å². The number of thioether (sulfide) groups is 1. The molecule has 2 aromatic carbocycles. The number of hydrogen-bond donors (Lipinski definition) is 0. The summed E-state index contributed by atoms with van der Waals surface area (Å²) in [6, 6.07) is 14.3. The number of carbonyl (C=O) groups excluding carboxylic acids is 1. The summed E-state index contributed by atoms with van der Waals surface area (Å²) in [5.74, 6) is 0.575. The zero-order valence-corrected chi connectivity index (χ0v) is 14.7. The first-order valence-electron chi connectivity index (χ1n) is 6.91. The van der Waals surface area contributed by atoms with E-state index in [9.17, 15) is 9.18 Å². The van der Waals surface area contributed by atoms with E-state index < -0.39 is 0 Å². The van der Waals surface area contributed by atoms with E-state index in [1.54, 1.807) is 35.8 Å². The molecule has 0 aromatic heterocycles. The number of amides is 1. The summed E-state index contributed by atoms with van der Waals surface area (Å²) in [6.45, 7) is 0.502. The predicted molar refractivity (Wildman–Crippen MR) is 92.4 cm³/mol. The van der Waals surface area contributed by atoms with Gasteiger partial charge in [-0.3, -0.25) is 4.79 Å². The molecule has 116 valence electrons. The third-order valence-corrected chi connectivity index (χ3v) is 4.70. The monoisotopic (exact) mass is 381 g/mol. The summed E-state index contributed by atoms with van der Waals surface area (Å²) in [6.07, 6.45) is 0.485. The number of carbonyl (C=O) groups is 1. The van der Waals surface area contributed by atoms with Gasteiger partial charge in [-0.1, -0.05) is 28.1 Å². The Hall–Kier alpha value is -1.33. The highest BCUT2D eigenvalue weighted by molar-refractivity contribution is 9.10. The minimum Gasteiger partial charge on any atom is -0.341 e. The smallest absolute Gasteiger partial charge is 0.223 e. The third-order valence-electron chi connectivity index (χ3n) is 3.16. The Kier molecular flexibility index (Phi) is 6.46. The summed E-state index contributed by atoms with van der Waals surface area (Å²) >= 11 is 5.06. The fourth-order valence-corrected chi connectivity index (χ4v) is 3.03. The first-order valence-corrected chi connectivity index (χ1v) is 8.69. The molecule has 2 rings (SSSR count). The highest BCUT2D eigenvalue weighted by Crippen LogP contribution is 2.21. The van der Waals surface area contributed by atoms with E-state index in [0.29, 0.717) is 13.0 Å². The van der Waals surface area contributed by atoms with E-state index in [1.807, 2.05) is 24.3 Å². The first kappa shape index (κ1) is 17.0. The standard InChI is InChI=1S/C17H17BrFNOS/c1-20(12-13-2-6-15(19)7-3-13)17(21)10-11-22-16-8-4-14(18)5-9-16/h2-9H,10-12H2,1H3. The van der Waals surface area contributed by atoms with E-state index in [-0.39, 0.29) is 11.7 Å². The second kappa shape index (κ2) is 8.34. The lowest BCUT2D eigenvalue weighted by molar-refractivity contribution is -0.129. The second-order valence-electron chi connectivity index (χ2n) is 4.93. The molecule has 0 aliphatic rings. The number of halogens is 2. The number of benzene rings is 2. The van der Waals surface area contributed by atoms with Crippen LogP contribution in [0, 0.1) is 5.82 Å². The van der Waals surface area contributed by atoms with Gasteiger partial charge in [0.1, 0.15) is 5.82 Å². The van der Waals surface area contributed by atoms with Crippen molar-refractivity contribution in [3.63, 3.8) is 0 Å². The summed E-state index contributed by atoms with van der Waals surface area (Å²) < 4.78 is 13.9. The molecule has 0 unspecified atom stereocenters. The van der Waals surface area contributed by atoms with Crippen molar-refractivity contribution >= 4 is 33.6 Å². The van der Waals surface area contributed by atoms with Gasteiger partial charge in [0.2, 0.25) is 5.91 Å². The minimum atomic E-state index is -0.261. The van der Waals surface area contributed by atoms with E-state index in [2.05, 4.69) is 15.9 Å². The quantitative estimate of drug-likeness (QED) is 0.674. The van der Waals surface area contributed by atoms with E-state index in [1.165, 1.54) is 12.1 Å². The zero-order valence-electron chi connectivity index (χ0n) is 12.3. The molecule has 0 saturated carbocycles. The van der Waals surface area contributed by atoms with Crippen molar-refractivity contribution in [3.05, 3.63) is 64.4 Å². The molecule has 2 nitrogen and oxygen atoms in total. The van der Waals surface area contributed by atoms with Crippen LogP contribution in [0.1, 0.15) is 12.0 Å². The molecular weight excluding hydrogens is 365 g/mol. The van der Waals surface area contributed by atoms with E-state index >= 15 is 0 Å². The Bertz CT molecular complexity index is 616. The maximum absolute atomic E-state index is 12.8.